The summed E-state index contributed by atoms with van der Waals surface area (Å²) in [5.74, 6) is 0. The molecule has 3 nitrogen and oxygen atoms in total. The van der Waals surface area contributed by atoms with E-state index in [-0.39, 0.29) is 17.1 Å². The number of nitrogens with zero attached hydrogens (tertiary/aromatic N) is 1. The van der Waals surface area contributed by atoms with Gasteiger partial charge in [-0.1, -0.05) is 26.2 Å². The van der Waals surface area contributed by atoms with Gasteiger partial charge in [0.2, 0.25) is 0 Å². The van der Waals surface area contributed by atoms with E-state index in [0.717, 1.165) is 13.1 Å². The van der Waals surface area contributed by atoms with Crippen molar-refractivity contribution in [1.29, 1.82) is 0 Å². The molecule has 17 heavy (non-hydrogen) atoms. The molecule has 1 aliphatic rings. The Morgan fingerprint density at radius 1 is 0.941 bits per heavy atom. The molecule has 0 amide bonds. The van der Waals surface area contributed by atoms with Crippen LogP contribution < -0.4 is 0 Å². The Morgan fingerprint density at radius 2 is 1.35 bits per heavy atom. The van der Waals surface area contributed by atoms with Gasteiger partial charge in [0.1, 0.15) is 0 Å². The molecule has 4 heteroatoms. The topological polar surface area (TPSA) is 53.9 Å². The molecule has 0 bridgehead atoms. The van der Waals surface area contributed by atoms with Crippen LogP contribution in [0.2, 0.25) is 0 Å². The molecule has 1 saturated heterocycles. The van der Waals surface area contributed by atoms with Crippen LogP contribution in [0.3, 0.4) is 0 Å². The molecule has 0 aromatic heterocycles. The first-order chi connectivity index (χ1) is 7.89. The number of hydrogen-bond donors (Lipinski definition) is 0. The van der Waals surface area contributed by atoms with Crippen molar-refractivity contribution in [3.05, 3.63) is 48.4 Å². The van der Waals surface area contributed by atoms with E-state index in [1.54, 1.807) is 0 Å². The second kappa shape index (κ2) is 20.7. The van der Waals surface area contributed by atoms with Crippen LogP contribution in [0.15, 0.2) is 24.3 Å². The molecule has 0 N–H and O–H groups in total. The summed E-state index contributed by atoms with van der Waals surface area (Å²) in [4.78, 5) is 0. The summed E-state index contributed by atoms with van der Waals surface area (Å²) in [6.45, 7) is 13.3. The summed E-state index contributed by atoms with van der Waals surface area (Å²) in [5, 5.41) is 4.18. The predicted molar refractivity (Wildman–Crippen MR) is 61.6 cm³/mol. The Hall–Kier alpha value is -0.691. The monoisotopic (exact) mass is 274 g/mol. The Bertz CT molecular complexity index is 233. The smallest absolute Gasteiger partial charge is 0 e. The van der Waals surface area contributed by atoms with E-state index in [0.29, 0.717) is 0 Å². The molecule has 0 unspecified atom stereocenters. The largest absolute Gasteiger partial charge is 0 e. The first kappa shape index (κ1) is 21.6. The van der Waals surface area contributed by atoms with Crippen LogP contribution in [-0.2, 0) is 26.4 Å². The molecule has 1 aromatic rings. The fourth-order valence-corrected chi connectivity index (χ4v) is 1.21. The summed E-state index contributed by atoms with van der Waals surface area (Å²) in [5.41, 5.74) is 1.34. The van der Waals surface area contributed by atoms with Crippen LogP contribution in [-0.4, -0.2) is 13.1 Å². The summed E-state index contributed by atoms with van der Waals surface area (Å²) >= 11 is 0. The average molecular weight is 274 g/mol. The molecular formula is C13H17MnNO2-2. The van der Waals surface area contributed by atoms with Gasteiger partial charge in [0.15, 0.2) is 0 Å². The number of aryl methyl sites for hydroxylation is 1. The van der Waals surface area contributed by atoms with E-state index in [1.165, 1.54) is 24.8 Å². The van der Waals surface area contributed by atoms with Crippen molar-refractivity contribution in [2.45, 2.75) is 26.2 Å². The van der Waals surface area contributed by atoms with E-state index in [9.17, 15) is 0 Å². The Labute approximate surface area is 114 Å². The number of hydrogen-bond acceptors (Lipinski definition) is 0. The van der Waals surface area contributed by atoms with Gasteiger partial charge in [-0.3, -0.25) is 0 Å². The molecule has 0 spiro atoms. The second-order valence-corrected chi connectivity index (χ2v) is 3.19. The van der Waals surface area contributed by atoms with Gasteiger partial charge in [-0.2, -0.15) is 17.7 Å². The van der Waals surface area contributed by atoms with E-state index >= 15 is 0 Å². The zero-order valence-corrected chi connectivity index (χ0v) is 11.2. The quantitative estimate of drug-likeness (QED) is 0.396. The molecule has 1 aromatic carbocycles. The van der Waals surface area contributed by atoms with Crippen LogP contribution in [0.4, 0.5) is 0 Å². The number of rotatable bonds is 0. The molecule has 1 heterocycles. The predicted octanol–water partition coefficient (Wildman–Crippen LogP) is 3.18. The second-order valence-electron chi connectivity index (χ2n) is 3.19. The van der Waals surface area contributed by atoms with E-state index < -0.39 is 0 Å². The summed E-state index contributed by atoms with van der Waals surface area (Å²) in [6, 6.07) is 8.24. The minimum atomic E-state index is 0. The first-order valence-corrected chi connectivity index (χ1v) is 5.12. The minimum Gasteiger partial charge on any atom is 0 e. The van der Waals surface area contributed by atoms with Gasteiger partial charge in [-0.15, -0.1) is 13.1 Å². The third kappa shape index (κ3) is 17.9. The van der Waals surface area contributed by atoms with E-state index in [4.69, 9.17) is 9.30 Å². The van der Waals surface area contributed by atoms with Crippen molar-refractivity contribution in [3.8, 4) is 0 Å². The third-order valence-corrected chi connectivity index (χ3v) is 1.96. The molecule has 0 aliphatic carbocycles. The fraction of sp³-hybridized carbons (Fsp3) is 0.462. The maximum atomic E-state index is 7.50. The van der Waals surface area contributed by atoms with Crippen LogP contribution in [0.5, 0.6) is 0 Å². The minimum absolute atomic E-state index is 0. The van der Waals surface area contributed by atoms with Gasteiger partial charge in [0.25, 0.3) is 0 Å². The maximum Gasteiger partial charge on any atom is 0 e. The van der Waals surface area contributed by atoms with Gasteiger partial charge in [-0.05, 0) is 0 Å². The van der Waals surface area contributed by atoms with E-state index in [1.807, 2.05) is 12.1 Å². The third-order valence-electron chi connectivity index (χ3n) is 1.96. The molecule has 1 aliphatic heterocycles. The molecule has 95 valence electrons. The summed E-state index contributed by atoms with van der Waals surface area (Å²) < 4.78 is 15.0. The zero-order chi connectivity index (χ0) is 12.6. The standard InChI is InChI=1S/C6H7.C5H10N.2CO.Mn/c1-6-4-2-3-5-6;1-2-4-6-5-3-1;2*1-2;/h2-5H,1H3;1-5H2;;;/q2*-1;;;. The zero-order valence-electron chi connectivity index (χ0n) is 9.99. The molecule has 2 rings (SSSR count). The molecular weight excluding hydrogens is 257 g/mol. The summed E-state index contributed by atoms with van der Waals surface area (Å²) in [6.07, 6.45) is 4.07. The van der Waals surface area contributed by atoms with Gasteiger partial charge in [0, 0.05) is 17.1 Å². The van der Waals surface area contributed by atoms with Gasteiger partial charge in [-0.25, -0.2) is 12.1 Å². The van der Waals surface area contributed by atoms with Crippen LogP contribution in [0, 0.1) is 20.2 Å². The Kier molecular flexibility index (Phi) is 26.3. The molecule has 0 atom stereocenters. The fourth-order valence-electron chi connectivity index (χ4n) is 1.21. The van der Waals surface area contributed by atoms with Gasteiger partial charge < -0.3 is 5.32 Å². The van der Waals surface area contributed by atoms with Gasteiger partial charge >= 0.3 is 22.6 Å². The molecule has 0 saturated carbocycles. The normalized spacial score (nSPS) is 11.8. The van der Waals surface area contributed by atoms with Crippen molar-refractivity contribution in [1.82, 2.24) is 0 Å². The molecule has 1 radical (unpaired) electrons. The number of piperidine rings is 1. The SMILES string of the molecule is C1CC[N-]CC1.C[c-]1cccc1.[C-]#[O+].[C-]#[O+].[Mn]. The van der Waals surface area contributed by atoms with Crippen molar-refractivity contribution < 1.29 is 26.4 Å². The molecule has 1 fully saturated rings. The van der Waals surface area contributed by atoms with Crippen molar-refractivity contribution in [2.24, 2.45) is 0 Å². The Morgan fingerprint density at radius 3 is 1.47 bits per heavy atom. The van der Waals surface area contributed by atoms with Crippen LogP contribution in [0.25, 0.3) is 5.32 Å². The van der Waals surface area contributed by atoms with Crippen molar-refractivity contribution in [3.63, 3.8) is 0 Å². The van der Waals surface area contributed by atoms with Crippen LogP contribution >= 0.6 is 0 Å². The van der Waals surface area contributed by atoms with Gasteiger partial charge in [0.05, 0.1) is 0 Å². The average Bonchev–Trinajstić information content (AvgIpc) is 2.88. The van der Waals surface area contributed by atoms with Crippen molar-refractivity contribution >= 4 is 0 Å². The Balaban J connectivity index is -0.000000171. The maximum absolute atomic E-state index is 7.50. The van der Waals surface area contributed by atoms with Crippen molar-refractivity contribution in [2.75, 3.05) is 13.1 Å². The van der Waals surface area contributed by atoms with E-state index in [2.05, 4.69) is 37.7 Å². The summed E-state index contributed by atoms with van der Waals surface area (Å²) in [7, 11) is 0. The first-order valence-electron chi connectivity index (χ1n) is 5.12. The van der Waals surface area contributed by atoms with Crippen LogP contribution in [0.1, 0.15) is 24.8 Å².